The number of fused-ring (bicyclic) bond motifs is 1. The second-order valence-corrected chi connectivity index (χ2v) is 4.80. The van der Waals surface area contributed by atoms with Crippen molar-refractivity contribution in [2.75, 3.05) is 13.9 Å². The molecule has 2 aromatic rings. The molecule has 7 nitrogen and oxygen atoms in total. The van der Waals surface area contributed by atoms with E-state index in [1.54, 1.807) is 23.8 Å². The Morgan fingerprint density at radius 3 is 2.88 bits per heavy atom. The zero-order valence-electron chi connectivity index (χ0n) is 12.9. The molecule has 0 spiro atoms. The maximum atomic E-state index is 11.8. The third-order valence-electron chi connectivity index (χ3n) is 3.19. The molecular formula is C16H16ClN3O4. The van der Waals surface area contributed by atoms with E-state index < -0.39 is 0 Å². The van der Waals surface area contributed by atoms with Crippen LogP contribution < -0.4 is 36.6 Å². The Morgan fingerprint density at radius 1 is 1.33 bits per heavy atom. The molecule has 0 bridgehead atoms. The van der Waals surface area contributed by atoms with Crippen molar-refractivity contribution in [1.82, 2.24) is 5.43 Å². The lowest BCUT2D eigenvalue weighted by Crippen LogP contribution is -3.00. The van der Waals surface area contributed by atoms with Gasteiger partial charge in [0.25, 0.3) is 0 Å². The van der Waals surface area contributed by atoms with Crippen molar-refractivity contribution >= 4 is 12.1 Å². The molecule has 2 heterocycles. The highest BCUT2D eigenvalue weighted by atomic mass is 35.5. The predicted octanol–water partition coefficient (Wildman–Crippen LogP) is -2.13. The van der Waals surface area contributed by atoms with Gasteiger partial charge in [0.15, 0.2) is 23.9 Å². The Balaban J connectivity index is 0.00000208. The SMILES string of the molecule is COc1cc(/C=N\NC(=O)C[n+]2ccccc2)cc2c1OCO2.[Cl-]. The number of pyridine rings is 1. The first-order valence-corrected chi connectivity index (χ1v) is 7.00. The normalized spacial score (nSPS) is 11.9. The van der Waals surface area contributed by atoms with E-state index in [9.17, 15) is 4.79 Å². The number of nitrogens with zero attached hydrogens (tertiary/aromatic N) is 2. The molecule has 1 aliphatic heterocycles. The number of aromatic nitrogens is 1. The van der Waals surface area contributed by atoms with Crippen molar-refractivity contribution in [2.45, 2.75) is 6.54 Å². The van der Waals surface area contributed by atoms with Crippen molar-refractivity contribution in [3.8, 4) is 17.2 Å². The summed E-state index contributed by atoms with van der Waals surface area (Å²) in [5, 5.41) is 3.95. The van der Waals surface area contributed by atoms with E-state index in [4.69, 9.17) is 14.2 Å². The van der Waals surface area contributed by atoms with Crippen LogP contribution in [0.4, 0.5) is 0 Å². The van der Waals surface area contributed by atoms with Crippen LogP contribution in [0.3, 0.4) is 0 Å². The molecular weight excluding hydrogens is 334 g/mol. The van der Waals surface area contributed by atoms with Crippen LogP contribution in [0.15, 0.2) is 47.8 Å². The molecule has 8 heteroatoms. The van der Waals surface area contributed by atoms with E-state index in [0.29, 0.717) is 17.2 Å². The molecule has 0 aliphatic carbocycles. The number of ether oxygens (including phenoxy) is 3. The fraction of sp³-hybridized carbons (Fsp3) is 0.188. The van der Waals surface area contributed by atoms with Gasteiger partial charge in [-0.05, 0) is 12.1 Å². The summed E-state index contributed by atoms with van der Waals surface area (Å²) >= 11 is 0. The summed E-state index contributed by atoms with van der Waals surface area (Å²) in [4.78, 5) is 11.8. The zero-order chi connectivity index (χ0) is 16.1. The number of amides is 1. The molecule has 0 fully saturated rings. The van der Waals surface area contributed by atoms with E-state index >= 15 is 0 Å². The van der Waals surface area contributed by atoms with Crippen molar-refractivity contribution in [3.63, 3.8) is 0 Å². The Hall–Kier alpha value is -2.80. The van der Waals surface area contributed by atoms with Gasteiger partial charge in [0.05, 0.1) is 13.3 Å². The van der Waals surface area contributed by atoms with Crippen LogP contribution in [0.2, 0.25) is 0 Å². The van der Waals surface area contributed by atoms with E-state index in [1.807, 2.05) is 30.6 Å². The van der Waals surface area contributed by atoms with Gasteiger partial charge in [0, 0.05) is 17.7 Å². The second-order valence-electron chi connectivity index (χ2n) is 4.80. The smallest absolute Gasteiger partial charge is 0.305 e. The van der Waals surface area contributed by atoms with Gasteiger partial charge in [-0.25, -0.2) is 5.43 Å². The van der Waals surface area contributed by atoms with Crippen LogP contribution in [0.25, 0.3) is 0 Å². The van der Waals surface area contributed by atoms with Crippen molar-refractivity contribution in [1.29, 1.82) is 0 Å². The van der Waals surface area contributed by atoms with E-state index in [2.05, 4.69) is 10.5 Å². The lowest BCUT2D eigenvalue weighted by Gasteiger charge is -2.05. The minimum atomic E-state index is -0.217. The summed E-state index contributed by atoms with van der Waals surface area (Å²) in [5.74, 6) is 1.52. The largest absolute Gasteiger partial charge is 1.00 e. The molecule has 1 aromatic heterocycles. The Bertz CT molecular complexity index is 738. The number of methoxy groups -OCH3 is 1. The Morgan fingerprint density at radius 2 is 2.12 bits per heavy atom. The van der Waals surface area contributed by atoms with Crippen LogP contribution in [0.1, 0.15) is 5.56 Å². The quantitative estimate of drug-likeness (QED) is 0.380. The topological polar surface area (TPSA) is 73.0 Å². The van der Waals surface area contributed by atoms with Crippen LogP contribution in [-0.2, 0) is 11.3 Å². The lowest BCUT2D eigenvalue weighted by molar-refractivity contribution is -0.684. The highest BCUT2D eigenvalue weighted by Crippen LogP contribution is 2.41. The first-order chi connectivity index (χ1) is 11.3. The molecule has 0 saturated carbocycles. The summed E-state index contributed by atoms with van der Waals surface area (Å²) < 4.78 is 17.7. The number of nitrogens with one attached hydrogen (secondary N) is 1. The van der Waals surface area contributed by atoms with E-state index in [0.717, 1.165) is 5.56 Å². The van der Waals surface area contributed by atoms with Gasteiger partial charge in [-0.15, -0.1) is 0 Å². The number of carbonyl (C=O) groups excluding carboxylic acids is 1. The molecule has 0 atom stereocenters. The lowest BCUT2D eigenvalue weighted by atomic mass is 10.2. The molecule has 126 valence electrons. The fourth-order valence-electron chi connectivity index (χ4n) is 2.14. The highest BCUT2D eigenvalue weighted by molar-refractivity contribution is 5.84. The zero-order valence-corrected chi connectivity index (χ0v) is 13.7. The summed E-state index contributed by atoms with van der Waals surface area (Å²) in [7, 11) is 1.55. The van der Waals surface area contributed by atoms with Crippen LogP contribution in [0, 0.1) is 0 Å². The number of rotatable bonds is 5. The first kappa shape index (κ1) is 17.6. The maximum absolute atomic E-state index is 11.8. The molecule has 1 amide bonds. The predicted molar refractivity (Wildman–Crippen MR) is 81.5 cm³/mol. The van der Waals surface area contributed by atoms with Gasteiger partial charge < -0.3 is 26.6 Å². The monoisotopic (exact) mass is 349 g/mol. The van der Waals surface area contributed by atoms with Gasteiger partial charge in [0.1, 0.15) is 0 Å². The van der Waals surface area contributed by atoms with Gasteiger partial charge >= 0.3 is 5.91 Å². The molecule has 0 unspecified atom stereocenters. The van der Waals surface area contributed by atoms with Gasteiger partial charge in [-0.3, -0.25) is 4.79 Å². The highest BCUT2D eigenvalue weighted by Gasteiger charge is 2.19. The number of benzene rings is 1. The van der Waals surface area contributed by atoms with E-state index in [1.165, 1.54) is 6.21 Å². The number of carbonyl (C=O) groups is 1. The molecule has 1 aromatic carbocycles. The number of hydrogen-bond donors (Lipinski definition) is 1. The molecule has 1 aliphatic rings. The molecule has 1 N–H and O–H groups in total. The fourth-order valence-corrected chi connectivity index (χ4v) is 2.14. The van der Waals surface area contributed by atoms with Gasteiger partial charge in [0.2, 0.25) is 19.1 Å². The molecule has 24 heavy (non-hydrogen) atoms. The molecule has 3 rings (SSSR count). The average Bonchev–Trinajstić information content (AvgIpc) is 3.03. The minimum absolute atomic E-state index is 0. The standard InChI is InChI=1S/C16H15N3O4.ClH/c1-21-13-7-12(8-14-16(13)23-11-22-14)9-17-18-15(20)10-19-5-3-2-4-6-19;/h2-9H,10-11H2,1H3;1H/b17-9-;. The molecule has 0 saturated heterocycles. The maximum Gasteiger partial charge on any atom is 0.305 e. The summed E-state index contributed by atoms with van der Waals surface area (Å²) in [6.45, 7) is 0.361. The Kier molecular flexibility index (Phi) is 5.97. The van der Waals surface area contributed by atoms with Crippen molar-refractivity contribution < 1.29 is 36.0 Å². The third kappa shape index (κ3) is 4.14. The first-order valence-electron chi connectivity index (χ1n) is 7.00. The van der Waals surface area contributed by atoms with Crippen molar-refractivity contribution in [2.24, 2.45) is 5.10 Å². The van der Waals surface area contributed by atoms with Crippen LogP contribution in [0.5, 0.6) is 17.2 Å². The van der Waals surface area contributed by atoms with Gasteiger partial charge in [-0.2, -0.15) is 9.67 Å². The average molecular weight is 350 g/mol. The van der Waals surface area contributed by atoms with Crippen molar-refractivity contribution in [3.05, 3.63) is 48.3 Å². The number of hydrogen-bond acceptors (Lipinski definition) is 5. The van der Waals surface area contributed by atoms with E-state index in [-0.39, 0.29) is 31.7 Å². The minimum Gasteiger partial charge on any atom is -1.00 e. The number of hydrazone groups is 1. The second kappa shape index (κ2) is 8.16. The summed E-state index contributed by atoms with van der Waals surface area (Å²) in [6, 6.07) is 9.13. The summed E-state index contributed by atoms with van der Waals surface area (Å²) in [6.07, 6.45) is 5.15. The third-order valence-corrected chi connectivity index (χ3v) is 3.19. The van der Waals surface area contributed by atoms with Crippen LogP contribution >= 0.6 is 0 Å². The summed E-state index contributed by atoms with van der Waals surface area (Å²) in [5.41, 5.74) is 3.22. The van der Waals surface area contributed by atoms with Crippen LogP contribution in [-0.4, -0.2) is 26.0 Å². The number of halogens is 1. The van der Waals surface area contributed by atoms with Gasteiger partial charge in [-0.1, -0.05) is 6.07 Å². The molecule has 0 radical (unpaired) electrons. The Labute approximate surface area is 145 Å².